The molecule has 1 atom stereocenters. The summed E-state index contributed by atoms with van der Waals surface area (Å²) >= 11 is 0. The quantitative estimate of drug-likeness (QED) is 0.296. The van der Waals surface area contributed by atoms with Crippen molar-refractivity contribution in [2.45, 2.75) is 25.3 Å². The zero-order chi connectivity index (χ0) is 14.3. The van der Waals surface area contributed by atoms with Gasteiger partial charge in [0, 0.05) is 5.69 Å². The standard InChI is InChI=1S/C13H19N3O3/c14-8-4-3-7-11(16)13(18)19-12(17)9-5-1-2-6-10(9)15/h1-2,5-6,11H,3-4,7-8,14-16H2/t11-/m0/s1. The molecule has 0 aliphatic rings. The molecule has 0 aliphatic heterocycles. The van der Waals surface area contributed by atoms with Gasteiger partial charge in [-0.3, -0.25) is 0 Å². The van der Waals surface area contributed by atoms with Crippen LogP contribution in [0.2, 0.25) is 0 Å². The number of hydrogen-bond acceptors (Lipinski definition) is 6. The molecule has 1 rings (SSSR count). The van der Waals surface area contributed by atoms with Gasteiger partial charge < -0.3 is 21.9 Å². The molecule has 0 amide bonds. The van der Waals surface area contributed by atoms with E-state index < -0.39 is 18.0 Å². The van der Waals surface area contributed by atoms with Gasteiger partial charge in [0.2, 0.25) is 0 Å². The number of hydrogen-bond donors (Lipinski definition) is 3. The van der Waals surface area contributed by atoms with Crippen molar-refractivity contribution in [2.24, 2.45) is 11.5 Å². The molecule has 0 radical (unpaired) electrons. The summed E-state index contributed by atoms with van der Waals surface area (Å²) in [6, 6.07) is 5.55. The van der Waals surface area contributed by atoms with Crippen molar-refractivity contribution in [3.63, 3.8) is 0 Å². The van der Waals surface area contributed by atoms with E-state index in [0.29, 0.717) is 19.4 Å². The summed E-state index contributed by atoms with van der Waals surface area (Å²) in [7, 11) is 0. The van der Waals surface area contributed by atoms with Crippen LogP contribution < -0.4 is 17.2 Å². The van der Waals surface area contributed by atoms with E-state index in [0.717, 1.165) is 6.42 Å². The number of para-hydroxylation sites is 1. The molecule has 6 N–H and O–H groups in total. The van der Waals surface area contributed by atoms with Gasteiger partial charge >= 0.3 is 11.9 Å². The van der Waals surface area contributed by atoms with Gasteiger partial charge in [-0.15, -0.1) is 0 Å². The normalized spacial score (nSPS) is 11.9. The number of benzene rings is 1. The second-order valence-electron chi connectivity index (χ2n) is 4.19. The first-order valence-electron chi connectivity index (χ1n) is 6.12. The fraction of sp³-hybridized carbons (Fsp3) is 0.385. The number of ether oxygens (including phenoxy) is 1. The molecule has 19 heavy (non-hydrogen) atoms. The molecular weight excluding hydrogens is 246 g/mol. The Morgan fingerprint density at radius 3 is 2.53 bits per heavy atom. The highest BCUT2D eigenvalue weighted by Gasteiger charge is 2.20. The summed E-state index contributed by atoms with van der Waals surface area (Å²) in [6.07, 6.45) is 1.93. The van der Waals surface area contributed by atoms with Crippen LogP contribution in [0.25, 0.3) is 0 Å². The molecule has 1 aromatic rings. The second kappa shape index (κ2) is 7.50. The molecule has 0 saturated carbocycles. The zero-order valence-corrected chi connectivity index (χ0v) is 10.7. The van der Waals surface area contributed by atoms with Crippen LogP contribution in [0.1, 0.15) is 29.6 Å². The van der Waals surface area contributed by atoms with Gasteiger partial charge in [0.25, 0.3) is 0 Å². The number of carbonyl (C=O) groups excluding carboxylic acids is 2. The van der Waals surface area contributed by atoms with Gasteiger partial charge in [-0.25, -0.2) is 9.59 Å². The summed E-state index contributed by atoms with van der Waals surface area (Å²) in [4.78, 5) is 23.3. The largest absolute Gasteiger partial charge is 0.398 e. The average molecular weight is 265 g/mol. The Morgan fingerprint density at radius 2 is 1.89 bits per heavy atom. The molecule has 0 unspecified atom stereocenters. The number of rotatable bonds is 6. The van der Waals surface area contributed by atoms with Gasteiger partial charge in [0.1, 0.15) is 6.04 Å². The maximum Gasteiger partial charge on any atom is 0.347 e. The van der Waals surface area contributed by atoms with Crippen molar-refractivity contribution in [1.29, 1.82) is 0 Å². The fourth-order valence-corrected chi connectivity index (χ4v) is 1.53. The minimum Gasteiger partial charge on any atom is -0.398 e. The van der Waals surface area contributed by atoms with Gasteiger partial charge in [0.05, 0.1) is 5.56 Å². The van der Waals surface area contributed by atoms with E-state index in [1.807, 2.05) is 0 Å². The zero-order valence-electron chi connectivity index (χ0n) is 10.7. The molecule has 1 aromatic carbocycles. The van der Waals surface area contributed by atoms with Crippen LogP contribution in [-0.2, 0) is 9.53 Å². The van der Waals surface area contributed by atoms with Crippen molar-refractivity contribution < 1.29 is 14.3 Å². The number of anilines is 1. The van der Waals surface area contributed by atoms with Crippen LogP contribution in [0.3, 0.4) is 0 Å². The van der Waals surface area contributed by atoms with E-state index in [1.165, 1.54) is 6.07 Å². The lowest BCUT2D eigenvalue weighted by Gasteiger charge is -2.10. The Bertz CT molecular complexity index is 449. The Labute approximate surface area is 111 Å². The Balaban J connectivity index is 2.52. The first kappa shape index (κ1) is 15.1. The number of unbranched alkanes of at least 4 members (excludes halogenated alkanes) is 1. The lowest BCUT2D eigenvalue weighted by molar-refractivity contribution is -0.139. The lowest BCUT2D eigenvalue weighted by Crippen LogP contribution is -2.34. The van der Waals surface area contributed by atoms with Crippen LogP contribution in [0.5, 0.6) is 0 Å². The van der Waals surface area contributed by atoms with E-state index >= 15 is 0 Å². The van der Waals surface area contributed by atoms with Crippen molar-refractivity contribution in [2.75, 3.05) is 12.3 Å². The SMILES string of the molecule is NCCCC[C@H](N)C(=O)OC(=O)c1ccccc1N. The second-order valence-corrected chi connectivity index (χ2v) is 4.19. The Hall–Kier alpha value is -1.92. The van der Waals surface area contributed by atoms with E-state index in [2.05, 4.69) is 0 Å². The topological polar surface area (TPSA) is 121 Å². The molecule has 6 nitrogen and oxygen atoms in total. The van der Waals surface area contributed by atoms with Crippen LogP contribution in [0, 0.1) is 0 Å². The molecule has 0 saturated heterocycles. The van der Waals surface area contributed by atoms with Crippen LogP contribution in [-0.4, -0.2) is 24.5 Å². The fourth-order valence-electron chi connectivity index (χ4n) is 1.53. The summed E-state index contributed by atoms with van der Waals surface area (Å²) in [6.45, 7) is 0.543. The molecule has 0 spiro atoms. The van der Waals surface area contributed by atoms with Crippen molar-refractivity contribution in [1.82, 2.24) is 0 Å². The van der Waals surface area contributed by atoms with Crippen LogP contribution in [0.4, 0.5) is 5.69 Å². The van der Waals surface area contributed by atoms with E-state index in [9.17, 15) is 9.59 Å². The van der Waals surface area contributed by atoms with E-state index in [4.69, 9.17) is 21.9 Å². The summed E-state index contributed by atoms with van der Waals surface area (Å²) in [5.74, 6) is -1.53. The molecule has 6 heteroatoms. The van der Waals surface area contributed by atoms with Crippen LogP contribution in [0.15, 0.2) is 24.3 Å². The van der Waals surface area contributed by atoms with Crippen LogP contribution >= 0.6 is 0 Å². The lowest BCUT2D eigenvalue weighted by atomic mass is 10.1. The smallest absolute Gasteiger partial charge is 0.347 e. The summed E-state index contributed by atoms with van der Waals surface area (Å²) in [5.41, 5.74) is 17.0. The van der Waals surface area contributed by atoms with Crippen molar-refractivity contribution in [3.8, 4) is 0 Å². The minimum atomic E-state index is -0.819. The Morgan fingerprint density at radius 1 is 1.21 bits per heavy atom. The maximum atomic E-state index is 11.7. The third-order valence-electron chi connectivity index (χ3n) is 2.65. The molecule has 0 heterocycles. The molecule has 0 bridgehead atoms. The number of nitrogen functional groups attached to an aromatic ring is 1. The van der Waals surface area contributed by atoms with Gasteiger partial charge in [-0.1, -0.05) is 18.6 Å². The van der Waals surface area contributed by atoms with E-state index in [-0.39, 0.29) is 11.3 Å². The minimum absolute atomic E-state index is 0.157. The molecule has 0 aliphatic carbocycles. The monoisotopic (exact) mass is 265 g/mol. The predicted octanol–water partition coefficient (Wildman–Crippen LogP) is 0.409. The first-order valence-corrected chi connectivity index (χ1v) is 6.12. The first-order chi connectivity index (χ1) is 9.06. The molecule has 104 valence electrons. The average Bonchev–Trinajstić information content (AvgIpc) is 2.39. The third kappa shape index (κ3) is 4.69. The highest BCUT2D eigenvalue weighted by atomic mass is 16.6. The Kier molecular flexibility index (Phi) is 5.98. The van der Waals surface area contributed by atoms with Gasteiger partial charge in [-0.2, -0.15) is 0 Å². The van der Waals surface area contributed by atoms with E-state index in [1.54, 1.807) is 18.2 Å². The highest BCUT2D eigenvalue weighted by molar-refractivity contribution is 6.01. The van der Waals surface area contributed by atoms with Gasteiger partial charge in [-0.05, 0) is 31.5 Å². The number of esters is 2. The van der Waals surface area contributed by atoms with Crippen molar-refractivity contribution >= 4 is 17.6 Å². The summed E-state index contributed by atoms with van der Waals surface area (Å²) in [5, 5.41) is 0. The predicted molar refractivity (Wildman–Crippen MR) is 72.2 cm³/mol. The highest BCUT2D eigenvalue weighted by Crippen LogP contribution is 2.12. The number of nitrogens with two attached hydrogens (primary N) is 3. The third-order valence-corrected chi connectivity index (χ3v) is 2.65. The number of carbonyl (C=O) groups is 2. The molecule has 0 fully saturated rings. The molecule has 0 aromatic heterocycles. The summed E-state index contributed by atoms with van der Waals surface area (Å²) < 4.78 is 4.70. The maximum absolute atomic E-state index is 11.7. The van der Waals surface area contributed by atoms with Gasteiger partial charge in [0.15, 0.2) is 0 Å². The molecular formula is C13H19N3O3. The van der Waals surface area contributed by atoms with Crippen molar-refractivity contribution in [3.05, 3.63) is 29.8 Å².